The van der Waals surface area contributed by atoms with Crippen molar-refractivity contribution in [1.82, 2.24) is 0 Å². The van der Waals surface area contributed by atoms with E-state index in [9.17, 15) is 4.79 Å². The molecule has 2 aromatic carbocycles. The molecule has 0 amide bonds. The molecule has 0 aliphatic carbocycles. The van der Waals surface area contributed by atoms with Gasteiger partial charge in [0.25, 0.3) is 0 Å². The van der Waals surface area contributed by atoms with Gasteiger partial charge in [0.1, 0.15) is 0 Å². The molecule has 0 spiro atoms. The predicted molar refractivity (Wildman–Crippen MR) is 100 cm³/mol. The average molecular weight is 331 g/mol. The smallest absolute Gasteiger partial charge is 0.216 e. The van der Waals surface area contributed by atoms with Gasteiger partial charge in [-0.2, -0.15) is 11.8 Å². The van der Waals surface area contributed by atoms with Crippen molar-refractivity contribution in [3.8, 4) is 0 Å². The quantitative estimate of drug-likeness (QED) is 0.551. The fourth-order valence-electron chi connectivity index (χ4n) is 2.56. The van der Waals surface area contributed by atoms with E-state index in [1.165, 1.54) is 11.1 Å². The molecule has 1 nitrogen and oxygen atoms in total. The Labute approximate surface area is 142 Å². The molecule has 0 aliphatic rings. The minimum atomic E-state index is -0.141. The topological polar surface area (TPSA) is 17.1 Å². The zero-order valence-corrected chi connectivity index (χ0v) is 14.6. The molecule has 0 heterocycles. The zero-order chi connectivity index (χ0) is 15.8. The van der Waals surface area contributed by atoms with Crippen LogP contribution in [-0.2, 0) is 19.3 Å². The molecule has 2 rings (SSSR count). The number of benzene rings is 2. The lowest BCUT2D eigenvalue weighted by molar-refractivity contribution is 0.109. The van der Waals surface area contributed by atoms with Crippen molar-refractivity contribution in [1.29, 1.82) is 0 Å². The van der Waals surface area contributed by atoms with Gasteiger partial charge >= 0.3 is 0 Å². The maximum Gasteiger partial charge on any atom is 0.216 e. The lowest BCUT2D eigenvalue weighted by Gasteiger charge is -2.08. The third-order valence-electron chi connectivity index (χ3n) is 3.78. The van der Waals surface area contributed by atoms with Crippen LogP contribution in [0.25, 0.3) is 0 Å². The van der Waals surface area contributed by atoms with Crippen LogP contribution in [0.5, 0.6) is 0 Å². The highest BCUT2D eigenvalue weighted by Crippen LogP contribution is 2.17. The van der Waals surface area contributed by atoms with Gasteiger partial charge in [-0.05, 0) is 47.5 Å². The number of aryl methyl sites for hydroxylation is 3. The van der Waals surface area contributed by atoms with E-state index in [0.717, 1.165) is 41.9 Å². The van der Waals surface area contributed by atoms with Gasteiger partial charge in [0.2, 0.25) is 5.12 Å². The molecule has 22 heavy (non-hydrogen) atoms. The van der Waals surface area contributed by atoms with Gasteiger partial charge in [-0.3, -0.25) is 4.79 Å². The molecule has 0 aromatic heterocycles. The molecule has 3 heteroatoms. The largest absolute Gasteiger partial charge is 0.282 e. The van der Waals surface area contributed by atoms with Crippen molar-refractivity contribution in [3.05, 3.63) is 70.8 Å². The summed E-state index contributed by atoms with van der Waals surface area (Å²) in [5, 5.41) is -0.141. The number of rotatable bonds is 8. The maximum absolute atomic E-state index is 11.5. The standard InChI is InChI=1S/C19H22OS2/c1-2-15-7-3-4-8-16(15)11-13-22-14-12-17-9-5-6-10-18(17)19(20)21/h3-10H,2,11-14H2,1H3,(H,20,21). The van der Waals surface area contributed by atoms with Crippen LogP contribution in [-0.4, -0.2) is 16.6 Å². The fourth-order valence-corrected chi connectivity index (χ4v) is 3.71. The van der Waals surface area contributed by atoms with E-state index in [1.54, 1.807) is 0 Å². The normalized spacial score (nSPS) is 10.6. The molecule has 0 N–H and O–H groups in total. The zero-order valence-electron chi connectivity index (χ0n) is 12.9. The molecule has 2 aromatic rings. The van der Waals surface area contributed by atoms with Gasteiger partial charge in [0.05, 0.1) is 0 Å². The Balaban J connectivity index is 1.79. The molecule has 116 valence electrons. The van der Waals surface area contributed by atoms with E-state index in [0.29, 0.717) is 0 Å². The molecule has 0 saturated heterocycles. The van der Waals surface area contributed by atoms with Crippen LogP contribution in [0.4, 0.5) is 0 Å². The van der Waals surface area contributed by atoms with Crippen LogP contribution in [0.1, 0.15) is 34.0 Å². The van der Waals surface area contributed by atoms with E-state index in [1.807, 2.05) is 36.0 Å². The third kappa shape index (κ3) is 4.92. The summed E-state index contributed by atoms with van der Waals surface area (Å²) in [7, 11) is 0. The third-order valence-corrected chi connectivity index (χ3v) is 5.01. The van der Waals surface area contributed by atoms with Crippen LogP contribution in [0, 0.1) is 0 Å². The molecular formula is C19H22OS2. The van der Waals surface area contributed by atoms with Crippen LogP contribution in [0.3, 0.4) is 0 Å². The lowest BCUT2D eigenvalue weighted by atomic mass is 10.0. The first-order valence-electron chi connectivity index (χ1n) is 7.68. The first-order valence-corrected chi connectivity index (χ1v) is 9.28. The number of thiol groups is 1. The molecule has 0 atom stereocenters. The van der Waals surface area contributed by atoms with Gasteiger partial charge in [-0.25, -0.2) is 0 Å². The van der Waals surface area contributed by atoms with Crippen molar-refractivity contribution in [2.75, 3.05) is 11.5 Å². The number of carbonyl (C=O) groups is 1. The number of carbonyl (C=O) groups excluding carboxylic acids is 1. The van der Waals surface area contributed by atoms with Crippen molar-refractivity contribution in [3.63, 3.8) is 0 Å². The Morgan fingerprint density at radius 1 is 0.909 bits per heavy atom. The van der Waals surface area contributed by atoms with Crippen LogP contribution < -0.4 is 0 Å². The van der Waals surface area contributed by atoms with Gasteiger partial charge in [0.15, 0.2) is 0 Å². The van der Waals surface area contributed by atoms with Crippen molar-refractivity contribution >= 4 is 29.5 Å². The van der Waals surface area contributed by atoms with E-state index in [2.05, 4.69) is 43.8 Å². The van der Waals surface area contributed by atoms with Crippen molar-refractivity contribution in [2.24, 2.45) is 0 Å². The van der Waals surface area contributed by atoms with Gasteiger partial charge < -0.3 is 0 Å². The highest BCUT2D eigenvalue weighted by Gasteiger charge is 2.06. The molecule has 0 bridgehead atoms. The van der Waals surface area contributed by atoms with E-state index in [-0.39, 0.29) is 5.12 Å². The summed E-state index contributed by atoms with van der Waals surface area (Å²) in [6.07, 6.45) is 3.13. The Morgan fingerprint density at radius 3 is 2.09 bits per heavy atom. The van der Waals surface area contributed by atoms with Crippen molar-refractivity contribution in [2.45, 2.75) is 26.2 Å². The molecule has 0 radical (unpaired) electrons. The molecule has 0 unspecified atom stereocenters. The number of hydrogen-bond acceptors (Lipinski definition) is 2. The van der Waals surface area contributed by atoms with Crippen LogP contribution in [0.2, 0.25) is 0 Å². The maximum atomic E-state index is 11.5. The summed E-state index contributed by atoms with van der Waals surface area (Å²) in [6.45, 7) is 2.21. The molecule has 0 fully saturated rings. The van der Waals surface area contributed by atoms with Gasteiger partial charge in [0, 0.05) is 5.56 Å². The summed E-state index contributed by atoms with van der Waals surface area (Å²) < 4.78 is 0. The monoisotopic (exact) mass is 330 g/mol. The number of thioether (sulfide) groups is 1. The Morgan fingerprint density at radius 2 is 1.45 bits per heavy atom. The van der Waals surface area contributed by atoms with E-state index >= 15 is 0 Å². The second-order valence-electron chi connectivity index (χ2n) is 5.20. The highest BCUT2D eigenvalue weighted by atomic mass is 32.2. The summed E-state index contributed by atoms with van der Waals surface area (Å²) in [5.74, 6) is 2.15. The number of hydrogen-bond donors (Lipinski definition) is 1. The lowest BCUT2D eigenvalue weighted by Crippen LogP contribution is -2.00. The Hall–Kier alpha value is -1.19. The first-order chi connectivity index (χ1) is 10.7. The van der Waals surface area contributed by atoms with Crippen molar-refractivity contribution < 1.29 is 4.79 Å². The van der Waals surface area contributed by atoms with Crippen LogP contribution >= 0.6 is 24.4 Å². The average Bonchev–Trinajstić information content (AvgIpc) is 2.55. The second-order valence-corrected chi connectivity index (χ2v) is 6.83. The fraction of sp³-hybridized carbons (Fsp3) is 0.316. The van der Waals surface area contributed by atoms with E-state index in [4.69, 9.17) is 0 Å². The SMILES string of the molecule is CCc1ccccc1CCSCCc1ccccc1C(=O)S. The summed E-state index contributed by atoms with van der Waals surface area (Å²) in [6, 6.07) is 16.4. The first kappa shape index (κ1) is 17.2. The van der Waals surface area contributed by atoms with Gasteiger partial charge in [-0.1, -0.05) is 55.5 Å². The highest BCUT2D eigenvalue weighted by molar-refractivity contribution is 7.99. The summed E-state index contributed by atoms with van der Waals surface area (Å²) >= 11 is 5.89. The van der Waals surface area contributed by atoms with Gasteiger partial charge in [-0.15, -0.1) is 12.6 Å². The second kappa shape index (κ2) is 9.06. The molecule has 0 saturated carbocycles. The predicted octanol–water partition coefficient (Wildman–Crippen LogP) is 4.84. The van der Waals surface area contributed by atoms with Crippen LogP contribution in [0.15, 0.2) is 48.5 Å². The minimum absolute atomic E-state index is 0.141. The summed E-state index contributed by atoms with van der Waals surface area (Å²) in [4.78, 5) is 11.5. The van der Waals surface area contributed by atoms with E-state index < -0.39 is 0 Å². The molecule has 0 aliphatic heterocycles. The summed E-state index contributed by atoms with van der Waals surface area (Å²) in [5.41, 5.74) is 4.75. The molecular weight excluding hydrogens is 308 g/mol. The Kier molecular flexibility index (Phi) is 7.07. The minimum Gasteiger partial charge on any atom is -0.282 e. The Bertz CT molecular complexity index is 622.